The third-order valence-corrected chi connectivity index (χ3v) is 6.31. The lowest BCUT2D eigenvalue weighted by molar-refractivity contribution is 0.201. The van der Waals surface area contributed by atoms with Crippen LogP contribution in [0.1, 0.15) is 41.9 Å². The predicted octanol–water partition coefficient (Wildman–Crippen LogP) is 3.65. The summed E-state index contributed by atoms with van der Waals surface area (Å²) in [6, 6.07) is 20.1. The highest BCUT2D eigenvalue weighted by atomic mass is 16.6. The average Bonchev–Trinajstić information content (AvgIpc) is 3.50. The first-order valence-electron chi connectivity index (χ1n) is 10.5. The zero-order valence-corrected chi connectivity index (χ0v) is 16.7. The van der Waals surface area contributed by atoms with E-state index in [0.717, 1.165) is 37.4 Å². The van der Waals surface area contributed by atoms with Crippen molar-refractivity contribution in [2.45, 2.75) is 31.8 Å². The van der Waals surface area contributed by atoms with Crippen LogP contribution in [-0.2, 0) is 0 Å². The van der Waals surface area contributed by atoms with Gasteiger partial charge in [-0.05, 0) is 43.0 Å². The standard InChI is InChI=1S/C23H27N5O/c1-16-22(27-29-26-16)21-8-5-13-28(21)15-20-14-24-25-23(20)19-11-9-18(10-12-19)17-6-3-2-4-7-17/h2-4,6-7,9-12,20-21,23-25H,5,8,13-15H2,1H3. The van der Waals surface area contributed by atoms with Gasteiger partial charge in [-0.25, -0.2) is 10.1 Å². The second-order valence-corrected chi connectivity index (χ2v) is 8.14. The van der Waals surface area contributed by atoms with Crippen LogP contribution in [0.4, 0.5) is 0 Å². The highest BCUT2D eigenvalue weighted by Crippen LogP contribution is 2.35. The molecule has 0 amide bonds. The van der Waals surface area contributed by atoms with Gasteiger partial charge in [0.15, 0.2) is 0 Å². The van der Waals surface area contributed by atoms with Crippen molar-refractivity contribution in [2.24, 2.45) is 5.92 Å². The minimum atomic E-state index is 0.303. The highest BCUT2D eigenvalue weighted by Gasteiger charge is 2.35. The van der Waals surface area contributed by atoms with E-state index in [0.29, 0.717) is 18.0 Å². The zero-order chi connectivity index (χ0) is 19.6. The van der Waals surface area contributed by atoms with E-state index >= 15 is 0 Å². The van der Waals surface area contributed by atoms with Crippen LogP contribution in [0.2, 0.25) is 0 Å². The van der Waals surface area contributed by atoms with Crippen LogP contribution in [0, 0.1) is 12.8 Å². The van der Waals surface area contributed by atoms with Gasteiger partial charge < -0.3 is 0 Å². The maximum atomic E-state index is 4.96. The molecule has 5 rings (SSSR count). The number of hydrogen-bond donors (Lipinski definition) is 2. The first kappa shape index (κ1) is 18.5. The molecule has 150 valence electrons. The third kappa shape index (κ3) is 3.71. The van der Waals surface area contributed by atoms with E-state index in [2.05, 4.69) is 80.7 Å². The summed E-state index contributed by atoms with van der Waals surface area (Å²) in [4.78, 5) is 2.55. The maximum absolute atomic E-state index is 4.96. The van der Waals surface area contributed by atoms with Gasteiger partial charge >= 0.3 is 0 Å². The normalized spacial score (nSPS) is 24.9. The Labute approximate surface area is 171 Å². The zero-order valence-electron chi connectivity index (χ0n) is 16.7. The molecule has 0 radical (unpaired) electrons. The van der Waals surface area contributed by atoms with Crippen LogP contribution >= 0.6 is 0 Å². The summed E-state index contributed by atoms with van der Waals surface area (Å²) >= 11 is 0. The van der Waals surface area contributed by atoms with Crippen LogP contribution in [0.15, 0.2) is 59.2 Å². The first-order chi connectivity index (χ1) is 14.3. The number of likely N-dealkylation sites (tertiary alicyclic amines) is 1. The maximum Gasteiger partial charge on any atom is 0.125 e. The van der Waals surface area contributed by atoms with E-state index in [1.165, 1.54) is 23.1 Å². The summed E-state index contributed by atoms with van der Waals surface area (Å²) in [6.07, 6.45) is 2.32. The van der Waals surface area contributed by atoms with Gasteiger partial charge in [-0.2, -0.15) is 0 Å². The topological polar surface area (TPSA) is 66.2 Å². The molecule has 1 aromatic heterocycles. The van der Waals surface area contributed by atoms with Crippen LogP contribution in [0.3, 0.4) is 0 Å². The molecule has 2 N–H and O–H groups in total. The minimum Gasteiger partial charge on any atom is -0.294 e. The SMILES string of the molecule is Cc1nonc1C1CCCN1CC1CNNC1c1ccc(-c2ccccc2)cc1. The molecule has 2 aliphatic rings. The van der Waals surface area contributed by atoms with E-state index in [1.54, 1.807) is 0 Å². The van der Waals surface area contributed by atoms with Gasteiger partial charge in [0.1, 0.15) is 11.4 Å². The molecule has 6 nitrogen and oxygen atoms in total. The molecule has 0 aliphatic carbocycles. The number of rotatable bonds is 5. The highest BCUT2D eigenvalue weighted by molar-refractivity contribution is 5.63. The fourth-order valence-corrected chi connectivity index (χ4v) is 4.77. The van der Waals surface area contributed by atoms with Gasteiger partial charge in [-0.1, -0.05) is 64.9 Å². The fourth-order valence-electron chi connectivity index (χ4n) is 4.77. The van der Waals surface area contributed by atoms with Crippen molar-refractivity contribution in [3.63, 3.8) is 0 Å². The smallest absolute Gasteiger partial charge is 0.125 e. The number of aryl methyl sites for hydroxylation is 1. The summed E-state index contributed by atoms with van der Waals surface area (Å²) in [5.74, 6) is 0.498. The Hall–Kier alpha value is -2.54. The summed E-state index contributed by atoms with van der Waals surface area (Å²) < 4.78 is 4.96. The number of nitrogens with one attached hydrogen (secondary N) is 2. The summed E-state index contributed by atoms with van der Waals surface area (Å²) in [7, 11) is 0. The fraction of sp³-hybridized carbons (Fsp3) is 0.391. The minimum absolute atomic E-state index is 0.303. The Bertz CT molecular complexity index is 939. The second kappa shape index (κ2) is 8.06. The van der Waals surface area contributed by atoms with Crippen LogP contribution in [0.25, 0.3) is 11.1 Å². The molecule has 29 heavy (non-hydrogen) atoms. The summed E-state index contributed by atoms with van der Waals surface area (Å²) in [6.45, 7) is 5.08. The number of nitrogens with zero attached hydrogens (tertiary/aromatic N) is 3. The molecule has 3 atom stereocenters. The van der Waals surface area contributed by atoms with E-state index in [1.807, 2.05) is 6.92 Å². The van der Waals surface area contributed by atoms with E-state index in [4.69, 9.17) is 4.63 Å². The number of aromatic nitrogens is 2. The third-order valence-electron chi connectivity index (χ3n) is 6.31. The lowest BCUT2D eigenvalue weighted by Crippen LogP contribution is -2.33. The molecule has 3 unspecified atom stereocenters. The molecular formula is C23H27N5O. The van der Waals surface area contributed by atoms with E-state index < -0.39 is 0 Å². The Morgan fingerprint density at radius 2 is 1.83 bits per heavy atom. The van der Waals surface area contributed by atoms with E-state index in [9.17, 15) is 0 Å². The Morgan fingerprint density at radius 3 is 2.59 bits per heavy atom. The van der Waals surface area contributed by atoms with Crippen molar-refractivity contribution in [3.8, 4) is 11.1 Å². The molecule has 2 aromatic carbocycles. The van der Waals surface area contributed by atoms with Crippen LogP contribution < -0.4 is 10.9 Å². The molecule has 0 spiro atoms. The lowest BCUT2D eigenvalue weighted by Gasteiger charge is -2.28. The van der Waals surface area contributed by atoms with Crippen molar-refractivity contribution in [1.82, 2.24) is 26.1 Å². The molecular weight excluding hydrogens is 362 g/mol. The predicted molar refractivity (Wildman–Crippen MR) is 112 cm³/mol. The van der Waals surface area contributed by atoms with Crippen molar-refractivity contribution in [3.05, 3.63) is 71.5 Å². The summed E-state index contributed by atoms with van der Waals surface area (Å²) in [5, 5.41) is 8.16. The molecule has 2 saturated heterocycles. The molecule has 3 aromatic rings. The van der Waals surface area contributed by atoms with E-state index in [-0.39, 0.29) is 0 Å². The van der Waals surface area contributed by atoms with Crippen molar-refractivity contribution in [1.29, 1.82) is 0 Å². The second-order valence-electron chi connectivity index (χ2n) is 8.14. The largest absolute Gasteiger partial charge is 0.294 e. The van der Waals surface area contributed by atoms with Crippen molar-refractivity contribution < 1.29 is 4.63 Å². The number of hydrogen-bond acceptors (Lipinski definition) is 6. The van der Waals surface area contributed by atoms with Crippen molar-refractivity contribution in [2.75, 3.05) is 19.6 Å². The molecule has 6 heteroatoms. The van der Waals surface area contributed by atoms with Crippen LogP contribution in [0.5, 0.6) is 0 Å². The average molecular weight is 390 g/mol. The van der Waals surface area contributed by atoms with Gasteiger partial charge in [0, 0.05) is 19.0 Å². The van der Waals surface area contributed by atoms with Gasteiger partial charge in [-0.3, -0.25) is 10.3 Å². The Kier molecular flexibility index (Phi) is 5.14. The molecule has 3 heterocycles. The molecule has 2 fully saturated rings. The molecule has 0 saturated carbocycles. The quantitative estimate of drug-likeness (QED) is 0.694. The van der Waals surface area contributed by atoms with Crippen molar-refractivity contribution >= 4 is 0 Å². The van der Waals surface area contributed by atoms with Gasteiger partial charge in [0.2, 0.25) is 0 Å². The molecule has 2 aliphatic heterocycles. The Balaban J connectivity index is 1.31. The molecule has 0 bridgehead atoms. The van der Waals surface area contributed by atoms with Gasteiger partial charge in [0.05, 0.1) is 12.1 Å². The van der Waals surface area contributed by atoms with Crippen LogP contribution in [-0.4, -0.2) is 34.8 Å². The first-order valence-corrected chi connectivity index (χ1v) is 10.5. The lowest BCUT2D eigenvalue weighted by atomic mass is 9.92. The number of hydrazine groups is 1. The Morgan fingerprint density at radius 1 is 1.03 bits per heavy atom. The number of benzene rings is 2. The summed E-state index contributed by atoms with van der Waals surface area (Å²) in [5.41, 5.74) is 12.6. The van der Waals surface area contributed by atoms with Gasteiger partial charge in [0.25, 0.3) is 0 Å². The van der Waals surface area contributed by atoms with Gasteiger partial charge in [-0.15, -0.1) is 0 Å². The monoisotopic (exact) mass is 389 g/mol.